The van der Waals surface area contributed by atoms with E-state index in [9.17, 15) is 4.79 Å². The lowest BCUT2D eigenvalue weighted by atomic mass is 10.2. The topological polar surface area (TPSA) is 39.4 Å². The van der Waals surface area contributed by atoms with Crippen molar-refractivity contribution < 1.29 is 13.9 Å². The molecule has 0 bridgehead atoms. The average molecular weight is 210 g/mol. The molecule has 0 aliphatic rings. The molecular weight excluding hydrogens is 192 g/mol. The third-order valence-electron chi connectivity index (χ3n) is 2.24. The van der Waals surface area contributed by atoms with Crippen LogP contribution in [0.1, 0.15) is 49.4 Å². The summed E-state index contributed by atoms with van der Waals surface area (Å²) in [6.45, 7) is 2.69. The largest absolute Gasteiger partial charge is 0.472 e. The van der Waals surface area contributed by atoms with Gasteiger partial charge in [0.15, 0.2) is 0 Å². The van der Waals surface area contributed by atoms with Crippen LogP contribution in [0.25, 0.3) is 0 Å². The molecule has 1 aromatic rings. The number of unbranched alkanes of at least 4 members (excludes halogenated alkanes) is 4. The van der Waals surface area contributed by atoms with Gasteiger partial charge in [0.1, 0.15) is 6.26 Å². The molecule has 15 heavy (non-hydrogen) atoms. The Morgan fingerprint density at radius 1 is 1.33 bits per heavy atom. The highest BCUT2D eigenvalue weighted by Crippen LogP contribution is 2.05. The van der Waals surface area contributed by atoms with E-state index in [0.717, 1.165) is 12.8 Å². The Labute approximate surface area is 90.4 Å². The lowest BCUT2D eigenvalue weighted by Gasteiger charge is -2.02. The minimum Gasteiger partial charge on any atom is -0.472 e. The number of ether oxygens (including phenoxy) is 1. The molecule has 0 aliphatic carbocycles. The van der Waals surface area contributed by atoms with E-state index in [2.05, 4.69) is 6.92 Å². The van der Waals surface area contributed by atoms with Gasteiger partial charge in [0.25, 0.3) is 0 Å². The van der Waals surface area contributed by atoms with E-state index in [0.29, 0.717) is 12.2 Å². The second kappa shape index (κ2) is 7.10. The van der Waals surface area contributed by atoms with E-state index in [4.69, 9.17) is 9.15 Å². The molecule has 0 saturated carbocycles. The van der Waals surface area contributed by atoms with Crippen molar-refractivity contribution in [1.29, 1.82) is 0 Å². The Balaban J connectivity index is 2.03. The summed E-state index contributed by atoms with van der Waals surface area (Å²) in [5.41, 5.74) is 0.489. The molecule has 0 aliphatic heterocycles. The van der Waals surface area contributed by atoms with Gasteiger partial charge in [-0.3, -0.25) is 0 Å². The Kier molecular flexibility index (Phi) is 5.59. The zero-order valence-electron chi connectivity index (χ0n) is 9.20. The Hall–Kier alpha value is -1.25. The number of rotatable bonds is 7. The zero-order chi connectivity index (χ0) is 10.9. The van der Waals surface area contributed by atoms with Gasteiger partial charge in [-0.1, -0.05) is 32.6 Å². The normalized spacial score (nSPS) is 10.2. The van der Waals surface area contributed by atoms with Crippen LogP contribution >= 0.6 is 0 Å². The van der Waals surface area contributed by atoms with Gasteiger partial charge in [-0.05, 0) is 12.5 Å². The first kappa shape index (κ1) is 11.8. The first-order valence-electron chi connectivity index (χ1n) is 5.54. The molecule has 0 atom stereocenters. The quantitative estimate of drug-likeness (QED) is 0.511. The van der Waals surface area contributed by atoms with E-state index < -0.39 is 0 Å². The van der Waals surface area contributed by atoms with Crippen LogP contribution in [0.5, 0.6) is 0 Å². The number of hydrogen-bond donors (Lipinski definition) is 0. The number of furan rings is 1. The third-order valence-corrected chi connectivity index (χ3v) is 2.24. The van der Waals surface area contributed by atoms with Gasteiger partial charge in [-0.2, -0.15) is 0 Å². The minimum atomic E-state index is -0.292. The van der Waals surface area contributed by atoms with Crippen molar-refractivity contribution in [3.63, 3.8) is 0 Å². The Bertz CT molecular complexity index is 264. The van der Waals surface area contributed by atoms with Gasteiger partial charge in [-0.25, -0.2) is 4.79 Å². The van der Waals surface area contributed by atoms with Crippen LogP contribution in [-0.4, -0.2) is 12.6 Å². The predicted molar refractivity (Wildman–Crippen MR) is 57.7 cm³/mol. The third kappa shape index (κ3) is 4.68. The maximum absolute atomic E-state index is 11.3. The molecule has 0 saturated heterocycles. The molecule has 0 amide bonds. The van der Waals surface area contributed by atoms with E-state index in [-0.39, 0.29) is 5.97 Å². The van der Waals surface area contributed by atoms with Crippen LogP contribution in [-0.2, 0) is 4.74 Å². The molecule has 1 heterocycles. The molecule has 0 N–H and O–H groups in total. The summed E-state index contributed by atoms with van der Waals surface area (Å²) < 4.78 is 9.86. The van der Waals surface area contributed by atoms with Crippen LogP contribution in [0.3, 0.4) is 0 Å². The average Bonchev–Trinajstić information content (AvgIpc) is 2.76. The van der Waals surface area contributed by atoms with Gasteiger partial charge < -0.3 is 9.15 Å². The standard InChI is InChI=1S/C12H18O3/c1-2-3-4-5-6-8-15-12(13)11-7-9-14-10-11/h7,9-10H,2-6,8H2,1H3. The highest BCUT2D eigenvalue weighted by atomic mass is 16.5. The maximum Gasteiger partial charge on any atom is 0.341 e. The van der Waals surface area contributed by atoms with Gasteiger partial charge in [0.05, 0.1) is 18.4 Å². The summed E-state index contributed by atoms with van der Waals surface area (Å²) in [7, 11) is 0. The summed E-state index contributed by atoms with van der Waals surface area (Å²) in [5.74, 6) is -0.292. The highest BCUT2D eigenvalue weighted by Gasteiger charge is 2.06. The van der Waals surface area contributed by atoms with Crippen molar-refractivity contribution in [2.45, 2.75) is 39.0 Å². The summed E-state index contributed by atoms with van der Waals surface area (Å²) in [5, 5.41) is 0. The summed E-state index contributed by atoms with van der Waals surface area (Å²) in [6, 6.07) is 1.61. The molecule has 1 rings (SSSR count). The van der Waals surface area contributed by atoms with E-state index in [1.165, 1.54) is 31.8 Å². The second-order valence-electron chi connectivity index (χ2n) is 3.56. The van der Waals surface area contributed by atoms with Crippen molar-refractivity contribution in [2.75, 3.05) is 6.61 Å². The van der Waals surface area contributed by atoms with Crippen LogP contribution in [0.15, 0.2) is 23.0 Å². The van der Waals surface area contributed by atoms with Crippen molar-refractivity contribution in [2.24, 2.45) is 0 Å². The van der Waals surface area contributed by atoms with Crippen molar-refractivity contribution in [1.82, 2.24) is 0 Å². The van der Waals surface area contributed by atoms with E-state index in [1.54, 1.807) is 6.07 Å². The van der Waals surface area contributed by atoms with E-state index >= 15 is 0 Å². The van der Waals surface area contributed by atoms with Crippen molar-refractivity contribution in [3.05, 3.63) is 24.2 Å². The monoisotopic (exact) mass is 210 g/mol. The molecule has 0 radical (unpaired) electrons. The molecule has 0 spiro atoms. The Morgan fingerprint density at radius 3 is 2.80 bits per heavy atom. The summed E-state index contributed by atoms with van der Waals surface area (Å²) in [6.07, 6.45) is 8.66. The first-order valence-corrected chi connectivity index (χ1v) is 5.54. The highest BCUT2D eigenvalue weighted by molar-refractivity contribution is 5.88. The van der Waals surface area contributed by atoms with Gasteiger partial charge >= 0.3 is 5.97 Å². The van der Waals surface area contributed by atoms with Crippen LogP contribution in [0, 0.1) is 0 Å². The van der Waals surface area contributed by atoms with Crippen LogP contribution < -0.4 is 0 Å². The molecule has 1 aromatic heterocycles. The van der Waals surface area contributed by atoms with Gasteiger partial charge in [0.2, 0.25) is 0 Å². The number of carbonyl (C=O) groups is 1. The van der Waals surface area contributed by atoms with Crippen LogP contribution in [0.4, 0.5) is 0 Å². The lowest BCUT2D eigenvalue weighted by Crippen LogP contribution is -2.05. The zero-order valence-corrected chi connectivity index (χ0v) is 9.20. The second-order valence-corrected chi connectivity index (χ2v) is 3.56. The van der Waals surface area contributed by atoms with Gasteiger partial charge in [-0.15, -0.1) is 0 Å². The smallest absolute Gasteiger partial charge is 0.341 e. The Morgan fingerprint density at radius 2 is 2.13 bits per heavy atom. The fourth-order valence-corrected chi connectivity index (χ4v) is 1.33. The fraction of sp³-hybridized carbons (Fsp3) is 0.583. The molecule has 3 heteroatoms. The molecule has 0 fully saturated rings. The summed E-state index contributed by atoms with van der Waals surface area (Å²) in [4.78, 5) is 11.3. The van der Waals surface area contributed by atoms with E-state index in [1.807, 2.05) is 0 Å². The molecule has 0 aromatic carbocycles. The lowest BCUT2D eigenvalue weighted by molar-refractivity contribution is 0.0497. The number of esters is 1. The summed E-state index contributed by atoms with van der Waals surface area (Å²) >= 11 is 0. The predicted octanol–water partition coefficient (Wildman–Crippen LogP) is 3.41. The molecular formula is C12H18O3. The first-order chi connectivity index (χ1) is 7.34. The van der Waals surface area contributed by atoms with Crippen LogP contribution in [0.2, 0.25) is 0 Å². The molecule has 0 unspecified atom stereocenters. The van der Waals surface area contributed by atoms with Crippen molar-refractivity contribution in [3.8, 4) is 0 Å². The van der Waals surface area contributed by atoms with Gasteiger partial charge in [0, 0.05) is 0 Å². The van der Waals surface area contributed by atoms with Crippen molar-refractivity contribution >= 4 is 5.97 Å². The number of carbonyl (C=O) groups excluding carboxylic acids is 1. The maximum atomic E-state index is 11.3. The minimum absolute atomic E-state index is 0.292. The SMILES string of the molecule is CCCCCCCOC(=O)c1ccoc1. The fourth-order valence-electron chi connectivity index (χ4n) is 1.33. The molecule has 84 valence electrons. The molecule has 3 nitrogen and oxygen atoms in total. The number of hydrogen-bond acceptors (Lipinski definition) is 3.